The number of nitrogens with two attached hydrogens (primary N) is 1. The van der Waals surface area contributed by atoms with Crippen molar-refractivity contribution in [2.75, 3.05) is 27.2 Å². The van der Waals surface area contributed by atoms with Crippen LogP contribution >= 0.6 is 0 Å². The minimum absolute atomic E-state index is 0.0258. The highest BCUT2D eigenvalue weighted by Crippen LogP contribution is 2.68. The number of aliphatic hydroxyl groups is 3. The van der Waals surface area contributed by atoms with Crippen LogP contribution in [0.3, 0.4) is 0 Å². The molecule has 2 aliphatic heterocycles. The fraction of sp³-hybridized carbons (Fsp3) is 0.484. The van der Waals surface area contributed by atoms with Crippen LogP contribution in [-0.2, 0) is 22.5 Å². The maximum atomic E-state index is 14.1. The molecule has 0 saturated carbocycles. The molecule has 1 spiro atoms. The number of hydrogen-bond donors (Lipinski definition) is 5. The Hall–Kier alpha value is -3.64. The molecule has 1 aromatic heterocycles. The van der Waals surface area contributed by atoms with Crippen LogP contribution in [0, 0.1) is 11.8 Å². The van der Waals surface area contributed by atoms with Gasteiger partial charge in [-0.25, -0.2) is 0 Å². The maximum absolute atomic E-state index is 14.1. The zero-order chi connectivity index (χ0) is 29.7. The number of ether oxygens (including phenoxy) is 1. The van der Waals surface area contributed by atoms with Crippen LogP contribution in [0.2, 0.25) is 0 Å². The molecule has 0 radical (unpaired) electrons. The second-order valence-electron chi connectivity index (χ2n) is 12.4. The summed E-state index contributed by atoms with van der Waals surface area (Å²) in [6.07, 6.45) is 5.71. The summed E-state index contributed by atoms with van der Waals surface area (Å²) in [5.74, 6) is -5.74. The number of phenols is 1. The van der Waals surface area contributed by atoms with E-state index in [1.165, 1.54) is 12.5 Å². The first-order valence-electron chi connectivity index (χ1n) is 14.5. The average Bonchev–Trinajstić information content (AvgIpc) is 3.32. The summed E-state index contributed by atoms with van der Waals surface area (Å²) in [6, 6.07) is 4.34. The Morgan fingerprint density at radius 3 is 2.57 bits per heavy atom. The van der Waals surface area contributed by atoms with Gasteiger partial charge in [-0.2, -0.15) is 0 Å². The van der Waals surface area contributed by atoms with Crippen LogP contribution in [-0.4, -0.2) is 86.5 Å². The van der Waals surface area contributed by atoms with Gasteiger partial charge in [0.1, 0.15) is 28.6 Å². The topological polar surface area (TPSA) is 173 Å². The largest absolute Gasteiger partial charge is 0.510 e. The average molecular weight is 578 g/mol. The third-order valence-corrected chi connectivity index (χ3v) is 9.95. The number of likely N-dealkylation sites (tertiary alicyclic amines) is 1. The standard InChI is InChI=1S/C31H35N3O8/c1-33(2)24-19-13-16-12-18-17(27-15(8-11-41-27)14-34-9-4-3-5-10-34)6-7-20(35)22(18)25(36)21(16)28(38)30(19)31(40,42-30)23(26(24)37)29(32)39/h6-8,11,16,19,24,35,37-38,40H,3-5,9-10,12-14H2,1-2H3,(H2,32,39)/t16-,19-,24-,30-,31?/m0/s1. The number of hydrogen-bond acceptors (Lipinski definition) is 10. The Bertz CT molecular complexity index is 1580. The normalized spacial score (nSPS) is 32.4. The molecule has 222 valence electrons. The number of allylic oxidation sites excluding steroid dienone is 1. The maximum Gasteiger partial charge on any atom is 0.253 e. The highest BCUT2D eigenvalue weighted by atomic mass is 16.8. The van der Waals surface area contributed by atoms with Gasteiger partial charge in [-0.05, 0) is 82.5 Å². The van der Waals surface area contributed by atoms with Crippen molar-refractivity contribution in [1.29, 1.82) is 0 Å². The first-order valence-corrected chi connectivity index (χ1v) is 14.5. The molecule has 3 heterocycles. The van der Waals surface area contributed by atoms with Crippen LogP contribution in [0.5, 0.6) is 5.75 Å². The highest BCUT2D eigenvalue weighted by Gasteiger charge is 2.84. The number of carbonyl (C=O) groups is 2. The number of primary amides is 1. The van der Waals surface area contributed by atoms with Crippen molar-refractivity contribution in [3.8, 4) is 17.1 Å². The number of carbonyl (C=O) groups excluding carboxylic acids is 2. The second kappa shape index (κ2) is 9.18. The lowest BCUT2D eigenvalue weighted by Gasteiger charge is -2.45. The number of nitrogens with zero attached hydrogens (tertiary/aromatic N) is 2. The number of fused-ring (bicyclic) bond motifs is 2. The van der Waals surface area contributed by atoms with Gasteiger partial charge in [-0.15, -0.1) is 0 Å². The fourth-order valence-electron chi connectivity index (χ4n) is 8.13. The molecule has 1 amide bonds. The summed E-state index contributed by atoms with van der Waals surface area (Å²) in [6.45, 7) is 2.73. The summed E-state index contributed by atoms with van der Waals surface area (Å²) in [4.78, 5) is 30.5. The van der Waals surface area contributed by atoms with E-state index in [0.29, 0.717) is 29.9 Å². The molecule has 2 fully saturated rings. The molecular weight excluding hydrogens is 542 g/mol. The summed E-state index contributed by atoms with van der Waals surface area (Å²) in [5, 5.41) is 45.2. The lowest BCUT2D eigenvalue weighted by atomic mass is 9.60. The molecule has 11 nitrogen and oxygen atoms in total. The van der Waals surface area contributed by atoms with Crippen LogP contribution < -0.4 is 5.73 Å². The van der Waals surface area contributed by atoms with E-state index >= 15 is 0 Å². The SMILES string of the molecule is CN(C)[C@@H]1C(O)=C(C(N)=O)C2(O)O[C@@]23C(O)=C2C(=O)c4c(O)ccc(-c5occc5CN5CCCCC5)c4C[C@H]2C[C@@H]13. The number of ketones is 1. The van der Waals surface area contributed by atoms with Crippen LogP contribution in [0.25, 0.3) is 11.3 Å². The summed E-state index contributed by atoms with van der Waals surface area (Å²) in [7, 11) is 3.41. The van der Waals surface area contributed by atoms with Crippen LogP contribution in [0.4, 0.5) is 0 Å². The van der Waals surface area contributed by atoms with Gasteiger partial charge in [-0.1, -0.05) is 6.42 Å². The van der Waals surface area contributed by atoms with Crippen molar-refractivity contribution >= 4 is 11.7 Å². The minimum Gasteiger partial charge on any atom is -0.510 e. The smallest absolute Gasteiger partial charge is 0.253 e. The molecule has 6 N–H and O–H groups in total. The van der Waals surface area contributed by atoms with Crippen molar-refractivity contribution < 1.29 is 39.2 Å². The lowest BCUT2D eigenvalue weighted by Crippen LogP contribution is -2.57. The Kier molecular flexibility index (Phi) is 5.95. The van der Waals surface area contributed by atoms with E-state index in [0.717, 1.165) is 31.5 Å². The number of benzene rings is 1. The Morgan fingerprint density at radius 2 is 1.88 bits per heavy atom. The summed E-state index contributed by atoms with van der Waals surface area (Å²) < 4.78 is 11.7. The Morgan fingerprint density at radius 1 is 1.14 bits per heavy atom. The number of rotatable bonds is 5. The van der Waals surface area contributed by atoms with Gasteiger partial charge in [0.2, 0.25) is 5.79 Å². The van der Waals surface area contributed by atoms with E-state index in [1.54, 1.807) is 31.3 Å². The number of epoxide rings is 1. The molecule has 5 atom stereocenters. The molecule has 5 aliphatic rings. The van der Waals surface area contributed by atoms with Crippen molar-refractivity contribution in [3.63, 3.8) is 0 Å². The zero-order valence-electron chi connectivity index (χ0n) is 23.6. The number of phenolic OH excluding ortho intramolecular Hbond substituents is 1. The first-order chi connectivity index (χ1) is 20.0. The number of furan rings is 1. The van der Waals surface area contributed by atoms with Gasteiger partial charge in [-0.3, -0.25) is 19.4 Å². The third-order valence-electron chi connectivity index (χ3n) is 9.95. The highest BCUT2D eigenvalue weighted by molar-refractivity contribution is 6.14. The molecule has 2 saturated heterocycles. The molecule has 1 unspecified atom stereocenters. The van der Waals surface area contributed by atoms with Crippen molar-refractivity contribution in [1.82, 2.24) is 9.80 Å². The first kappa shape index (κ1) is 27.2. The molecule has 0 bridgehead atoms. The van der Waals surface area contributed by atoms with E-state index in [2.05, 4.69) is 4.90 Å². The lowest BCUT2D eigenvalue weighted by molar-refractivity contribution is -0.117. The summed E-state index contributed by atoms with van der Waals surface area (Å²) in [5.41, 5.74) is 5.59. The summed E-state index contributed by atoms with van der Waals surface area (Å²) >= 11 is 0. The Labute approximate surface area is 242 Å². The molecule has 2 aromatic rings. The number of piperidine rings is 1. The van der Waals surface area contributed by atoms with Gasteiger partial charge in [0.25, 0.3) is 5.91 Å². The molecule has 11 heteroatoms. The second-order valence-corrected chi connectivity index (χ2v) is 12.4. The van der Waals surface area contributed by atoms with Crippen molar-refractivity contribution in [2.45, 2.75) is 56.1 Å². The van der Waals surface area contributed by atoms with Gasteiger partial charge >= 0.3 is 0 Å². The number of likely N-dealkylation sites (N-methyl/N-ethyl adjacent to an activating group) is 1. The van der Waals surface area contributed by atoms with E-state index in [-0.39, 0.29) is 23.3 Å². The number of Topliss-reactive ketones (excluding diaryl/α,β-unsaturated/α-hetero) is 1. The Balaban J connectivity index is 1.34. The van der Waals surface area contributed by atoms with Crippen molar-refractivity contribution in [2.24, 2.45) is 17.6 Å². The molecule has 3 aliphatic carbocycles. The molecule has 7 rings (SSSR count). The third kappa shape index (κ3) is 3.48. The molecule has 42 heavy (non-hydrogen) atoms. The minimum atomic E-state index is -2.37. The molecular formula is C31H35N3O8. The van der Waals surface area contributed by atoms with E-state index in [4.69, 9.17) is 14.9 Å². The number of amides is 1. The number of aliphatic hydroxyl groups excluding tert-OH is 2. The van der Waals surface area contributed by atoms with Gasteiger partial charge in [0, 0.05) is 29.2 Å². The van der Waals surface area contributed by atoms with Crippen LogP contribution in [0.1, 0.15) is 47.2 Å². The van der Waals surface area contributed by atoms with Crippen molar-refractivity contribution in [3.05, 3.63) is 63.8 Å². The van der Waals surface area contributed by atoms with Gasteiger partial charge in [0.05, 0.1) is 17.9 Å². The van der Waals surface area contributed by atoms with Crippen LogP contribution in [0.15, 0.2) is 51.5 Å². The monoisotopic (exact) mass is 577 g/mol. The predicted molar refractivity (Wildman–Crippen MR) is 149 cm³/mol. The molecule has 1 aromatic carbocycles. The fourth-order valence-corrected chi connectivity index (χ4v) is 8.13. The number of aromatic hydroxyl groups is 1. The van der Waals surface area contributed by atoms with Gasteiger partial charge in [0.15, 0.2) is 11.4 Å². The zero-order valence-corrected chi connectivity index (χ0v) is 23.6. The van der Waals surface area contributed by atoms with E-state index < -0.39 is 58.0 Å². The predicted octanol–water partition coefficient (Wildman–Crippen LogP) is 2.52. The van der Waals surface area contributed by atoms with Gasteiger partial charge < -0.3 is 35.3 Å². The van der Waals surface area contributed by atoms with E-state index in [9.17, 15) is 30.0 Å². The quantitative estimate of drug-likeness (QED) is 0.332. The van der Waals surface area contributed by atoms with E-state index in [1.807, 2.05) is 6.07 Å².